The third kappa shape index (κ3) is 4.30. The molecule has 1 aromatic carbocycles. The normalized spacial score (nSPS) is 15.0. The van der Waals surface area contributed by atoms with E-state index in [-0.39, 0.29) is 0 Å². The van der Waals surface area contributed by atoms with E-state index in [0.29, 0.717) is 6.10 Å². The van der Waals surface area contributed by atoms with Crippen LogP contribution in [0.25, 0.3) is 0 Å². The summed E-state index contributed by atoms with van der Waals surface area (Å²) in [6.45, 7) is 9.10. The average molecular weight is 262 g/mol. The summed E-state index contributed by atoms with van der Waals surface area (Å²) in [6.07, 6.45) is 1.48. The van der Waals surface area contributed by atoms with Crippen LogP contribution in [0.5, 0.6) is 0 Å². The predicted molar refractivity (Wildman–Crippen MR) is 79.3 cm³/mol. The minimum absolute atomic E-state index is 0.323. The summed E-state index contributed by atoms with van der Waals surface area (Å²) in [5, 5.41) is 3.43. The van der Waals surface area contributed by atoms with Crippen LogP contribution in [-0.2, 0) is 24.2 Å². The largest absolute Gasteiger partial charge is 0.377 e. The molecule has 0 bridgehead atoms. The SMILES string of the molecule is CC(C)OCCN(C)Cc1cccc2c1CCNC2. The Kier molecular flexibility index (Phi) is 5.37. The molecular formula is C16H26N2O. The van der Waals surface area contributed by atoms with Crippen LogP contribution in [-0.4, -0.2) is 37.7 Å². The summed E-state index contributed by atoms with van der Waals surface area (Å²) in [4.78, 5) is 2.35. The van der Waals surface area contributed by atoms with Gasteiger partial charge in [-0.05, 0) is 50.6 Å². The highest BCUT2D eigenvalue weighted by Gasteiger charge is 2.13. The molecule has 1 heterocycles. The first-order valence-electron chi connectivity index (χ1n) is 7.27. The molecule has 3 heteroatoms. The third-order valence-corrected chi connectivity index (χ3v) is 3.60. The summed E-state index contributed by atoms with van der Waals surface area (Å²) in [5.74, 6) is 0. The van der Waals surface area contributed by atoms with Gasteiger partial charge in [-0.1, -0.05) is 18.2 Å². The number of ether oxygens (including phenoxy) is 1. The molecule has 1 aliphatic rings. The van der Waals surface area contributed by atoms with Crippen LogP contribution in [0.1, 0.15) is 30.5 Å². The Morgan fingerprint density at radius 1 is 1.37 bits per heavy atom. The van der Waals surface area contributed by atoms with Crippen molar-refractivity contribution in [2.24, 2.45) is 0 Å². The highest BCUT2D eigenvalue weighted by atomic mass is 16.5. The van der Waals surface area contributed by atoms with E-state index < -0.39 is 0 Å². The fourth-order valence-corrected chi connectivity index (χ4v) is 2.57. The van der Waals surface area contributed by atoms with E-state index >= 15 is 0 Å². The zero-order valence-electron chi connectivity index (χ0n) is 12.4. The maximum atomic E-state index is 5.61. The average Bonchev–Trinajstić information content (AvgIpc) is 2.39. The first kappa shape index (κ1) is 14.5. The van der Waals surface area contributed by atoms with Gasteiger partial charge in [0.1, 0.15) is 0 Å². The molecule has 1 aromatic rings. The summed E-state index contributed by atoms with van der Waals surface area (Å²) in [7, 11) is 2.17. The van der Waals surface area contributed by atoms with E-state index in [1.807, 2.05) is 0 Å². The van der Waals surface area contributed by atoms with Crippen LogP contribution in [0.4, 0.5) is 0 Å². The van der Waals surface area contributed by atoms with Crippen LogP contribution in [0, 0.1) is 0 Å². The van der Waals surface area contributed by atoms with Crippen molar-refractivity contribution in [1.29, 1.82) is 0 Å². The van der Waals surface area contributed by atoms with Gasteiger partial charge in [-0.3, -0.25) is 4.90 Å². The van der Waals surface area contributed by atoms with E-state index in [9.17, 15) is 0 Å². The maximum absolute atomic E-state index is 5.61. The number of benzene rings is 1. The summed E-state index contributed by atoms with van der Waals surface area (Å²) < 4.78 is 5.61. The Labute approximate surface area is 116 Å². The Morgan fingerprint density at radius 3 is 3.00 bits per heavy atom. The lowest BCUT2D eigenvalue weighted by Gasteiger charge is -2.24. The van der Waals surface area contributed by atoms with E-state index in [0.717, 1.165) is 39.2 Å². The van der Waals surface area contributed by atoms with E-state index in [1.54, 1.807) is 5.56 Å². The lowest BCUT2D eigenvalue weighted by molar-refractivity contribution is 0.0626. The summed E-state index contributed by atoms with van der Waals surface area (Å²) in [6, 6.07) is 6.69. The zero-order valence-corrected chi connectivity index (χ0v) is 12.4. The number of likely N-dealkylation sites (N-methyl/N-ethyl adjacent to an activating group) is 1. The molecule has 2 rings (SSSR count). The highest BCUT2D eigenvalue weighted by molar-refractivity contribution is 5.36. The van der Waals surface area contributed by atoms with Crippen LogP contribution in [0.3, 0.4) is 0 Å². The molecule has 0 atom stereocenters. The fraction of sp³-hybridized carbons (Fsp3) is 0.625. The first-order valence-corrected chi connectivity index (χ1v) is 7.27. The Morgan fingerprint density at radius 2 is 2.21 bits per heavy atom. The summed E-state index contributed by atoms with van der Waals surface area (Å²) >= 11 is 0. The van der Waals surface area contributed by atoms with Gasteiger partial charge in [-0.2, -0.15) is 0 Å². The number of fused-ring (bicyclic) bond motifs is 1. The van der Waals surface area contributed by atoms with Gasteiger partial charge >= 0.3 is 0 Å². The molecule has 1 aliphatic heterocycles. The van der Waals surface area contributed by atoms with Crippen molar-refractivity contribution in [2.45, 2.75) is 39.5 Å². The molecule has 0 fully saturated rings. The van der Waals surface area contributed by atoms with E-state index in [1.165, 1.54) is 11.1 Å². The second-order valence-electron chi connectivity index (χ2n) is 5.64. The number of rotatable bonds is 6. The highest BCUT2D eigenvalue weighted by Crippen LogP contribution is 2.19. The van der Waals surface area contributed by atoms with Crippen molar-refractivity contribution in [1.82, 2.24) is 10.2 Å². The molecule has 1 N–H and O–H groups in total. The molecule has 106 valence electrons. The van der Waals surface area contributed by atoms with Gasteiger partial charge in [-0.25, -0.2) is 0 Å². The van der Waals surface area contributed by atoms with Gasteiger partial charge in [0.05, 0.1) is 12.7 Å². The predicted octanol–water partition coefficient (Wildman–Crippen LogP) is 2.19. The Balaban J connectivity index is 1.91. The van der Waals surface area contributed by atoms with Gasteiger partial charge in [0.25, 0.3) is 0 Å². The van der Waals surface area contributed by atoms with E-state index in [4.69, 9.17) is 4.74 Å². The van der Waals surface area contributed by atoms with Crippen molar-refractivity contribution in [3.8, 4) is 0 Å². The monoisotopic (exact) mass is 262 g/mol. The molecule has 0 saturated heterocycles. The van der Waals surface area contributed by atoms with Crippen LogP contribution < -0.4 is 5.32 Å². The van der Waals surface area contributed by atoms with Crippen LogP contribution in [0.15, 0.2) is 18.2 Å². The van der Waals surface area contributed by atoms with Gasteiger partial charge in [0.15, 0.2) is 0 Å². The molecule has 0 saturated carbocycles. The summed E-state index contributed by atoms with van der Waals surface area (Å²) in [5.41, 5.74) is 4.50. The number of nitrogens with zero attached hydrogens (tertiary/aromatic N) is 1. The molecule has 0 aliphatic carbocycles. The van der Waals surface area contributed by atoms with Crippen molar-refractivity contribution >= 4 is 0 Å². The fourth-order valence-electron chi connectivity index (χ4n) is 2.57. The minimum atomic E-state index is 0.323. The smallest absolute Gasteiger partial charge is 0.0596 e. The molecule has 0 spiro atoms. The Bertz CT molecular complexity index is 404. The molecule has 0 unspecified atom stereocenters. The standard InChI is InChI=1S/C16H26N2O/c1-13(2)19-10-9-18(3)12-15-6-4-5-14-11-17-8-7-16(14)15/h4-6,13,17H,7-12H2,1-3H3. The third-order valence-electron chi connectivity index (χ3n) is 3.60. The number of hydrogen-bond acceptors (Lipinski definition) is 3. The molecule has 3 nitrogen and oxygen atoms in total. The first-order chi connectivity index (χ1) is 9.16. The lowest BCUT2D eigenvalue weighted by atomic mass is 9.95. The second kappa shape index (κ2) is 7.04. The number of hydrogen-bond donors (Lipinski definition) is 1. The molecule has 0 amide bonds. The lowest BCUT2D eigenvalue weighted by Crippen LogP contribution is -2.28. The Hall–Kier alpha value is -0.900. The van der Waals surface area contributed by atoms with Gasteiger partial charge in [-0.15, -0.1) is 0 Å². The molecular weight excluding hydrogens is 236 g/mol. The second-order valence-corrected chi connectivity index (χ2v) is 5.64. The zero-order chi connectivity index (χ0) is 13.7. The molecule has 0 aromatic heterocycles. The van der Waals surface area contributed by atoms with Crippen molar-refractivity contribution in [2.75, 3.05) is 26.7 Å². The quantitative estimate of drug-likeness (QED) is 0.850. The van der Waals surface area contributed by atoms with Crippen LogP contribution >= 0.6 is 0 Å². The van der Waals surface area contributed by atoms with Gasteiger partial charge in [0, 0.05) is 19.6 Å². The molecule has 0 radical (unpaired) electrons. The minimum Gasteiger partial charge on any atom is -0.377 e. The van der Waals surface area contributed by atoms with E-state index in [2.05, 4.69) is 49.3 Å². The topological polar surface area (TPSA) is 24.5 Å². The van der Waals surface area contributed by atoms with Gasteiger partial charge in [0.2, 0.25) is 0 Å². The molecule has 19 heavy (non-hydrogen) atoms. The van der Waals surface area contributed by atoms with Gasteiger partial charge < -0.3 is 10.1 Å². The van der Waals surface area contributed by atoms with Crippen LogP contribution in [0.2, 0.25) is 0 Å². The number of nitrogens with one attached hydrogen (secondary N) is 1. The van der Waals surface area contributed by atoms with Crippen molar-refractivity contribution in [3.63, 3.8) is 0 Å². The maximum Gasteiger partial charge on any atom is 0.0596 e. The van der Waals surface area contributed by atoms with Crippen molar-refractivity contribution in [3.05, 3.63) is 34.9 Å². The van der Waals surface area contributed by atoms with Crippen molar-refractivity contribution < 1.29 is 4.74 Å².